The first kappa shape index (κ1) is 34.0. The van der Waals surface area contributed by atoms with E-state index < -0.39 is 10.4 Å². The number of allylic oxidation sites excluding steroid dienone is 6. The molecule has 0 unspecified atom stereocenters. The molecule has 0 heterocycles. The van der Waals surface area contributed by atoms with Crippen LogP contribution < -0.4 is 29.6 Å². The van der Waals surface area contributed by atoms with Gasteiger partial charge in [-0.15, -0.1) is 0 Å². The molecule has 39 heavy (non-hydrogen) atoms. The number of phenolic OH excluding ortho intramolecular Hbond substituents is 2. The first-order valence-corrected chi connectivity index (χ1v) is 15.1. The van der Waals surface area contributed by atoms with Crippen molar-refractivity contribution < 1.29 is 56.9 Å². The number of phenols is 2. The van der Waals surface area contributed by atoms with Crippen LogP contribution in [0.1, 0.15) is 98.5 Å². The van der Waals surface area contributed by atoms with Gasteiger partial charge in [-0.2, -0.15) is 0 Å². The summed E-state index contributed by atoms with van der Waals surface area (Å²) >= 11 is 0. The molecule has 1 aromatic rings. The molecule has 1 fully saturated rings. The van der Waals surface area contributed by atoms with Crippen LogP contribution >= 0.6 is 0 Å². The van der Waals surface area contributed by atoms with Gasteiger partial charge in [-0.3, -0.25) is 0 Å². The second-order valence-electron chi connectivity index (χ2n) is 12.5. The molecule has 8 heteroatoms. The third kappa shape index (κ3) is 8.87. The third-order valence-corrected chi connectivity index (χ3v) is 9.63. The van der Waals surface area contributed by atoms with E-state index in [0.717, 1.165) is 43.3 Å². The SMILES string of the molecule is CC1=CC[C@H]2C(C)(C)CCC[C@]2(C)[C@H]1C/C(OS(=O)(=O)[O-])=C(\C)CCC/C(C)=C/Cc1cc(O)ccc1O.[Na+]. The third-order valence-electron chi connectivity index (χ3n) is 9.22. The van der Waals surface area contributed by atoms with Crippen LogP contribution in [0.2, 0.25) is 0 Å². The van der Waals surface area contributed by atoms with Crippen molar-refractivity contribution in [2.45, 2.75) is 99.3 Å². The Hall–Kier alpha value is -1.25. The Bertz CT molecular complexity index is 1210. The Kier molecular flexibility index (Phi) is 11.8. The predicted molar refractivity (Wildman–Crippen MR) is 150 cm³/mol. The summed E-state index contributed by atoms with van der Waals surface area (Å²) in [7, 11) is -4.88. The molecule has 212 valence electrons. The van der Waals surface area contributed by atoms with E-state index in [1.807, 2.05) is 19.9 Å². The van der Waals surface area contributed by atoms with E-state index in [9.17, 15) is 23.2 Å². The Morgan fingerprint density at radius 3 is 2.51 bits per heavy atom. The van der Waals surface area contributed by atoms with E-state index in [0.29, 0.717) is 36.5 Å². The molecule has 0 bridgehead atoms. The van der Waals surface area contributed by atoms with Crippen molar-refractivity contribution in [3.63, 3.8) is 0 Å². The molecule has 1 saturated carbocycles. The van der Waals surface area contributed by atoms with Crippen molar-refractivity contribution in [3.8, 4) is 11.5 Å². The fraction of sp³-hybridized carbons (Fsp3) is 0.613. The molecule has 6 nitrogen and oxygen atoms in total. The molecule has 0 saturated heterocycles. The molecule has 2 N–H and O–H groups in total. The molecule has 0 aromatic heterocycles. The molecule has 1 aromatic carbocycles. The standard InChI is InChI=1S/C31H46O6S.Na/c1-21(11-13-24-19-25(32)14-15-27(24)33)9-7-10-23(3)28(37-38(34,35)36)20-26-22(2)12-16-29-30(4,5)17-8-18-31(26,29)6;/h11-12,14-15,19,26,29,32-33H,7-10,13,16-18,20H2,1-6H3,(H,34,35,36);/q;+1/p-1/b21-11+,28-23-;/t26-,29-,31+;/m0./s1. The summed E-state index contributed by atoms with van der Waals surface area (Å²) in [5.41, 5.74) is 4.09. The zero-order chi connectivity index (χ0) is 28.3. The maximum absolute atomic E-state index is 11.7. The van der Waals surface area contributed by atoms with Crippen LogP contribution in [0.25, 0.3) is 0 Å². The van der Waals surface area contributed by atoms with E-state index in [2.05, 4.69) is 33.8 Å². The summed E-state index contributed by atoms with van der Waals surface area (Å²) in [6.45, 7) is 13.1. The molecule has 3 rings (SSSR count). The largest absolute Gasteiger partial charge is 1.00 e. The number of benzene rings is 1. The molecular weight excluding hydrogens is 523 g/mol. The van der Waals surface area contributed by atoms with E-state index in [-0.39, 0.29) is 57.8 Å². The molecule has 0 amide bonds. The molecule has 2 aliphatic carbocycles. The minimum Gasteiger partial charge on any atom is -0.716 e. The average Bonchev–Trinajstić information content (AvgIpc) is 2.79. The van der Waals surface area contributed by atoms with Gasteiger partial charge in [0, 0.05) is 12.0 Å². The van der Waals surface area contributed by atoms with Gasteiger partial charge < -0.3 is 18.9 Å². The number of aromatic hydroxyl groups is 2. The molecule has 2 aliphatic rings. The summed E-state index contributed by atoms with van der Waals surface area (Å²) in [6.07, 6.45) is 11.9. The summed E-state index contributed by atoms with van der Waals surface area (Å²) in [6, 6.07) is 4.49. The minimum atomic E-state index is -4.88. The van der Waals surface area contributed by atoms with Crippen LogP contribution in [0.4, 0.5) is 0 Å². The molecule has 0 radical (unpaired) electrons. The van der Waals surface area contributed by atoms with Crippen molar-refractivity contribution >= 4 is 10.4 Å². The van der Waals surface area contributed by atoms with Crippen molar-refractivity contribution in [1.29, 1.82) is 0 Å². The van der Waals surface area contributed by atoms with Crippen molar-refractivity contribution in [2.24, 2.45) is 22.7 Å². The maximum atomic E-state index is 11.7. The monoisotopic (exact) mass is 568 g/mol. The first-order chi connectivity index (χ1) is 17.6. The average molecular weight is 569 g/mol. The molecular formula is C31H45NaO6S. The van der Waals surface area contributed by atoms with Gasteiger partial charge in [0.2, 0.25) is 0 Å². The van der Waals surface area contributed by atoms with Crippen LogP contribution in [0.5, 0.6) is 11.5 Å². The minimum absolute atomic E-state index is 0. The van der Waals surface area contributed by atoms with E-state index in [1.165, 1.54) is 24.1 Å². The van der Waals surface area contributed by atoms with Gasteiger partial charge in [0.25, 0.3) is 10.4 Å². The van der Waals surface area contributed by atoms with Crippen molar-refractivity contribution in [1.82, 2.24) is 0 Å². The molecule has 3 atom stereocenters. The van der Waals surface area contributed by atoms with E-state index in [4.69, 9.17) is 4.18 Å². The number of fused-ring (bicyclic) bond motifs is 1. The first-order valence-electron chi connectivity index (χ1n) is 13.8. The van der Waals surface area contributed by atoms with E-state index in [1.54, 1.807) is 6.07 Å². The van der Waals surface area contributed by atoms with Gasteiger partial charge in [0.05, 0.1) is 0 Å². The second-order valence-corrected chi connectivity index (χ2v) is 13.4. The molecule has 0 spiro atoms. The fourth-order valence-corrected chi connectivity index (χ4v) is 7.47. The smallest absolute Gasteiger partial charge is 0.716 e. The zero-order valence-electron chi connectivity index (χ0n) is 24.8. The van der Waals surface area contributed by atoms with E-state index >= 15 is 0 Å². The normalized spacial score (nSPS) is 25.6. The Morgan fingerprint density at radius 2 is 1.85 bits per heavy atom. The van der Waals surface area contributed by atoms with Crippen LogP contribution in [-0.4, -0.2) is 23.2 Å². The predicted octanol–water partition coefficient (Wildman–Crippen LogP) is 4.70. The molecule has 0 aliphatic heterocycles. The topological polar surface area (TPSA) is 107 Å². The number of hydrogen-bond acceptors (Lipinski definition) is 6. The Morgan fingerprint density at radius 1 is 1.15 bits per heavy atom. The van der Waals surface area contributed by atoms with Crippen molar-refractivity contribution in [3.05, 3.63) is 58.4 Å². The summed E-state index contributed by atoms with van der Waals surface area (Å²) < 4.78 is 40.3. The van der Waals surface area contributed by atoms with Crippen LogP contribution in [0, 0.1) is 22.7 Å². The fourth-order valence-electron chi connectivity index (χ4n) is 7.01. The van der Waals surface area contributed by atoms with Crippen molar-refractivity contribution in [2.75, 3.05) is 0 Å². The zero-order valence-corrected chi connectivity index (χ0v) is 27.7. The van der Waals surface area contributed by atoms with Gasteiger partial charge in [-0.1, -0.05) is 50.5 Å². The van der Waals surface area contributed by atoms with Gasteiger partial charge in [0.1, 0.15) is 17.3 Å². The van der Waals surface area contributed by atoms with Gasteiger partial charge in [0.15, 0.2) is 0 Å². The van der Waals surface area contributed by atoms with Gasteiger partial charge in [-0.05, 0) is 112 Å². The summed E-state index contributed by atoms with van der Waals surface area (Å²) in [5.74, 6) is 1.20. The van der Waals surface area contributed by atoms with Gasteiger partial charge >= 0.3 is 29.6 Å². The van der Waals surface area contributed by atoms with Crippen LogP contribution in [0.3, 0.4) is 0 Å². The Balaban J connectivity index is 0.00000533. The Labute approximate surface area is 257 Å². The van der Waals surface area contributed by atoms with Crippen LogP contribution in [0.15, 0.2) is 52.8 Å². The number of hydrogen-bond donors (Lipinski definition) is 2. The number of rotatable bonds is 10. The van der Waals surface area contributed by atoms with Gasteiger partial charge in [-0.25, -0.2) is 8.42 Å². The summed E-state index contributed by atoms with van der Waals surface area (Å²) in [5, 5.41) is 19.6. The second kappa shape index (κ2) is 13.6. The summed E-state index contributed by atoms with van der Waals surface area (Å²) in [4.78, 5) is 0. The van der Waals surface area contributed by atoms with Crippen LogP contribution in [-0.2, 0) is 21.0 Å². The maximum Gasteiger partial charge on any atom is 1.00 e. The quantitative estimate of drug-likeness (QED) is 0.106.